The monoisotopic (exact) mass is 556 g/mol. The number of alkyl halides is 1. The number of piperidine rings is 1. The quantitative estimate of drug-likeness (QED) is 0.208. The summed E-state index contributed by atoms with van der Waals surface area (Å²) in [6, 6.07) is 5.77. The van der Waals surface area contributed by atoms with Crippen molar-refractivity contribution < 1.29 is 0 Å². The van der Waals surface area contributed by atoms with E-state index in [2.05, 4.69) is 50.6 Å². The van der Waals surface area contributed by atoms with Gasteiger partial charge in [0.2, 0.25) is 0 Å². The van der Waals surface area contributed by atoms with Crippen LogP contribution in [0, 0.1) is 20.8 Å². The van der Waals surface area contributed by atoms with Crippen molar-refractivity contribution in [2.75, 3.05) is 13.1 Å². The van der Waals surface area contributed by atoms with E-state index in [9.17, 15) is 4.79 Å². The number of likely N-dealkylation sites (tertiary alicyclic amines) is 1. The molecule has 1 aliphatic rings. The van der Waals surface area contributed by atoms with Gasteiger partial charge in [0.05, 0.1) is 32.8 Å². The summed E-state index contributed by atoms with van der Waals surface area (Å²) in [7, 11) is 0. The molecule has 1 saturated heterocycles. The maximum Gasteiger partial charge on any atom is 0.258 e. The molecule has 2 atom stereocenters. The maximum atomic E-state index is 13.2. The van der Waals surface area contributed by atoms with Gasteiger partial charge in [-0.15, -0.1) is 0 Å². The fourth-order valence-electron chi connectivity index (χ4n) is 4.97. The predicted octanol–water partition coefficient (Wildman–Crippen LogP) is 4.68. The molecule has 7 nitrogen and oxygen atoms in total. The van der Waals surface area contributed by atoms with Crippen LogP contribution >= 0.6 is 22.6 Å². The largest absolute Gasteiger partial charge is 0.292 e. The van der Waals surface area contributed by atoms with Crippen molar-refractivity contribution in [3.63, 3.8) is 0 Å². The third-order valence-electron chi connectivity index (χ3n) is 6.61. The van der Waals surface area contributed by atoms with Crippen LogP contribution in [0.4, 0.5) is 0 Å². The molecule has 1 aliphatic heterocycles. The first kappa shape index (κ1) is 22.5. The second kappa shape index (κ2) is 8.79. The number of rotatable bonds is 4. The van der Waals surface area contributed by atoms with Gasteiger partial charge in [0.1, 0.15) is 11.3 Å². The molecule has 0 radical (unpaired) electrons. The molecule has 8 heteroatoms. The Hall–Kier alpha value is -2.33. The highest BCUT2D eigenvalue weighted by atomic mass is 127. The molecule has 4 aromatic heterocycles. The lowest BCUT2D eigenvalue weighted by atomic mass is 9.89. The molecule has 0 saturated carbocycles. The van der Waals surface area contributed by atoms with Crippen LogP contribution in [0.5, 0.6) is 0 Å². The number of nitrogens with zero attached hydrogens (tertiary/aromatic N) is 6. The highest BCUT2D eigenvalue weighted by molar-refractivity contribution is 14.1. The molecule has 172 valence electrons. The van der Waals surface area contributed by atoms with E-state index in [0.717, 1.165) is 48.4 Å². The zero-order valence-electron chi connectivity index (χ0n) is 19.5. The summed E-state index contributed by atoms with van der Waals surface area (Å²) in [5.74, 6) is 0.465. The van der Waals surface area contributed by atoms with Gasteiger partial charge in [0.25, 0.3) is 5.56 Å². The Kier molecular flexibility index (Phi) is 5.98. The number of aromatic nitrogens is 5. The van der Waals surface area contributed by atoms with Crippen LogP contribution in [0.1, 0.15) is 54.6 Å². The first-order valence-corrected chi connectivity index (χ1v) is 12.8. The fourth-order valence-corrected chi connectivity index (χ4v) is 6.14. The highest BCUT2D eigenvalue weighted by Gasteiger charge is 2.27. The van der Waals surface area contributed by atoms with Crippen LogP contribution in [-0.2, 0) is 0 Å². The summed E-state index contributed by atoms with van der Waals surface area (Å²) < 4.78 is 4.06. The summed E-state index contributed by atoms with van der Waals surface area (Å²) in [5.41, 5.74) is 6.89. The summed E-state index contributed by atoms with van der Waals surface area (Å²) in [6.07, 6.45) is 7.32. The van der Waals surface area contributed by atoms with Gasteiger partial charge in [0, 0.05) is 12.3 Å². The normalized spacial score (nSPS) is 19.5. The molecule has 0 N–H and O–H groups in total. The van der Waals surface area contributed by atoms with Crippen LogP contribution in [0.2, 0.25) is 0 Å². The minimum absolute atomic E-state index is 0.0718. The molecule has 2 unspecified atom stereocenters. The molecule has 0 aliphatic carbocycles. The second-order valence-corrected chi connectivity index (χ2v) is 10.6. The lowest BCUT2D eigenvalue weighted by Crippen LogP contribution is -2.38. The number of hydrogen-bond donors (Lipinski definition) is 0. The molecular weight excluding hydrogens is 527 g/mol. The molecule has 0 spiro atoms. The van der Waals surface area contributed by atoms with Crippen molar-refractivity contribution in [1.29, 1.82) is 0 Å². The Morgan fingerprint density at radius 1 is 1.09 bits per heavy atom. The van der Waals surface area contributed by atoms with Gasteiger partial charge in [0.15, 0.2) is 0 Å². The average Bonchev–Trinajstić information content (AvgIpc) is 3.20. The van der Waals surface area contributed by atoms with Crippen molar-refractivity contribution in [2.45, 2.75) is 56.9 Å². The SMILES string of the molecule is CCCN1CCC(c2cc(C)c3nc(-c4cc5c(C)nc(C)cn5n4)cc(=O)n3c2)CC1I. The molecule has 4 aromatic rings. The minimum atomic E-state index is -0.0718. The van der Waals surface area contributed by atoms with E-state index in [1.54, 1.807) is 10.5 Å². The van der Waals surface area contributed by atoms with Crippen LogP contribution in [0.15, 0.2) is 35.4 Å². The lowest BCUT2D eigenvalue weighted by Gasteiger charge is -2.36. The van der Waals surface area contributed by atoms with Gasteiger partial charge in [-0.3, -0.25) is 19.1 Å². The summed E-state index contributed by atoms with van der Waals surface area (Å²) in [6.45, 7) is 10.5. The minimum Gasteiger partial charge on any atom is -0.292 e. The number of aryl methyl sites for hydroxylation is 3. The first-order chi connectivity index (χ1) is 15.8. The van der Waals surface area contributed by atoms with Crippen LogP contribution in [0.25, 0.3) is 22.6 Å². The standard InChI is InChI=1S/C25H29IN6O/c1-5-7-30-8-6-18(10-23(30)26)19-9-15(2)25-28-20(12-24(33)31(25)14-19)21-11-22-17(4)27-16(3)13-32(22)29-21/h9,11-14,18,23H,5-8,10H2,1-4H3. The van der Waals surface area contributed by atoms with Crippen LogP contribution in [0.3, 0.4) is 0 Å². The Balaban J connectivity index is 1.53. The third kappa shape index (κ3) is 4.19. The van der Waals surface area contributed by atoms with E-state index in [1.165, 1.54) is 12.0 Å². The zero-order valence-corrected chi connectivity index (χ0v) is 21.7. The Bertz CT molecular complexity index is 1410. The third-order valence-corrected chi connectivity index (χ3v) is 7.91. The number of hydrogen-bond acceptors (Lipinski definition) is 5. The van der Waals surface area contributed by atoms with Gasteiger partial charge in [-0.25, -0.2) is 9.50 Å². The fraction of sp³-hybridized carbons (Fsp3) is 0.440. The van der Waals surface area contributed by atoms with E-state index < -0.39 is 0 Å². The first-order valence-electron chi connectivity index (χ1n) is 11.6. The van der Waals surface area contributed by atoms with E-state index >= 15 is 0 Å². The summed E-state index contributed by atoms with van der Waals surface area (Å²) in [5, 5.41) is 4.66. The van der Waals surface area contributed by atoms with E-state index in [4.69, 9.17) is 4.98 Å². The van der Waals surface area contributed by atoms with E-state index in [1.807, 2.05) is 43.7 Å². The molecule has 5 rings (SSSR count). The maximum absolute atomic E-state index is 13.2. The summed E-state index contributed by atoms with van der Waals surface area (Å²) >= 11 is 2.57. The molecule has 33 heavy (non-hydrogen) atoms. The van der Waals surface area contributed by atoms with Crippen molar-refractivity contribution in [3.05, 3.63) is 63.5 Å². The Morgan fingerprint density at radius 2 is 1.91 bits per heavy atom. The number of halogens is 1. The highest BCUT2D eigenvalue weighted by Crippen LogP contribution is 2.35. The smallest absolute Gasteiger partial charge is 0.258 e. The molecule has 0 aromatic carbocycles. The van der Waals surface area contributed by atoms with Crippen LogP contribution in [-0.4, -0.2) is 46.0 Å². The second-order valence-electron chi connectivity index (χ2n) is 9.15. The summed E-state index contributed by atoms with van der Waals surface area (Å²) in [4.78, 5) is 25.1. The van der Waals surface area contributed by atoms with Crippen LogP contribution < -0.4 is 5.56 Å². The average molecular weight is 556 g/mol. The molecule has 0 bridgehead atoms. The van der Waals surface area contributed by atoms with Crippen molar-refractivity contribution in [1.82, 2.24) is 28.9 Å². The number of fused-ring (bicyclic) bond motifs is 2. The van der Waals surface area contributed by atoms with Gasteiger partial charge < -0.3 is 0 Å². The Morgan fingerprint density at radius 3 is 2.67 bits per heavy atom. The van der Waals surface area contributed by atoms with E-state index in [0.29, 0.717) is 27.0 Å². The Labute approximate surface area is 207 Å². The molecule has 5 heterocycles. The van der Waals surface area contributed by atoms with Gasteiger partial charge in [-0.2, -0.15) is 5.10 Å². The van der Waals surface area contributed by atoms with Gasteiger partial charge >= 0.3 is 0 Å². The molecular formula is C25H29IN6O. The molecule has 0 amide bonds. The lowest BCUT2D eigenvalue weighted by molar-refractivity contribution is 0.200. The zero-order chi connectivity index (χ0) is 23.3. The van der Waals surface area contributed by atoms with E-state index in [-0.39, 0.29) is 5.56 Å². The van der Waals surface area contributed by atoms with Gasteiger partial charge in [-0.05, 0) is 76.2 Å². The van der Waals surface area contributed by atoms with Crippen molar-refractivity contribution >= 4 is 33.8 Å². The number of pyridine rings is 1. The topological polar surface area (TPSA) is 67.8 Å². The van der Waals surface area contributed by atoms with Crippen molar-refractivity contribution in [3.8, 4) is 11.4 Å². The van der Waals surface area contributed by atoms with Crippen molar-refractivity contribution in [2.24, 2.45) is 0 Å². The van der Waals surface area contributed by atoms with Gasteiger partial charge in [-0.1, -0.05) is 35.6 Å². The predicted molar refractivity (Wildman–Crippen MR) is 139 cm³/mol. The molecule has 1 fully saturated rings.